The van der Waals surface area contributed by atoms with Crippen LogP contribution in [0.2, 0.25) is 0 Å². The van der Waals surface area contributed by atoms with Crippen molar-refractivity contribution in [2.24, 2.45) is 5.92 Å². The molecule has 5 heterocycles. The van der Waals surface area contributed by atoms with Crippen molar-refractivity contribution in [2.45, 2.75) is 25.7 Å². The molecule has 1 saturated heterocycles. The summed E-state index contributed by atoms with van der Waals surface area (Å²) in [7, 11) is 2.16. The van der Waals surface area contributed by atoms with Crippen molar-refractivity contribution in [1.29, 1.82) is 0 Å². The van der Waals surface area contributed by atoms with Gasteiger partial charge in [-0.05, 0) is 44.2 Å². The molecule has 1 aliphatic carbocycles. The maximum atomic E-state index is 12.6. The van der Waals surface area contributed by atoms with Crippen LogP contribution in [0.5, 0.6) is 0 Å². The van der Waals surface area contributed by atoms with Gasteiger partial charge in [0.25, 0.3) is 0 Å². The number of amides is 1. The van der Waals surface area contributed by atoms with Crippen molar-refractivity contribution in [3.8, 4) is 22.8 Å². The van der Waals surface area contributed by atoms with Gasteiger partial charge < -0.3 is 20.1 Å². The van der Waals surface area contributed by atoms with E-state index in [4.69, 9.17) is 4.98 Å². The summed E-state index contributed by atoms with van der Waals surface area (Å²) in [5.74, 6) is 0.885. The fraction of sp³-hybridized carbons (Fsp3) is 0.345. The molecule has 4 aromatic heterocycles. The number of imidazole rings is 1. The van der Waals surface area contributed by atoms with E-state index in [1.54, 1.807) is 18.6 Å². The van der Waals surface area contributed by atoms with Crippen LogP contribution in [0.25, 0.3) is 44.7 Å². The van der Waals surface area contributed by atoms with Crippen LogP contribution >= 0.6 is 0 Å². The number of H-pyrrole nitrogens is 2. The van der Waals surface area contributed by atoms with E-state index < -0.39 is 0 Å². The van der Waals surface area contributed by atoms with Crippen LogP contribution in [0.4, 0.5) is 11.4 Å². The Morgan fingerprint density at radius 3 is 2.72 bits per heavy atom. The number of para-hydroxylation sites is 1. The summed E-state index contributed by atoms with van der Waals surface area (Å²) in [4.78, 5) is 34.9. The zero-order chi connectivity index (χ0) is 26.3. The SMILES string of the molecule is CN1CCN(c2cccc3[nH]c(-c4n[nH]c5cnc(-c6cncc(NC(=O)C7CCCC7)c6)cc45)nc23)CC1. The molecule has 10 nitrogen and oxygen atoms in total. The molecule has 0 radical (unpaired) electrons. The van der Waals surface area contributed by atoms with E-state index in [-0.39, 0.29) is 11.8 Å². The second kappa shape index (κ2) is 9.77. The molecule has 0 spiro atoms. The summed E-state index contributed by atoms with van der Waals surface area (Å²) < 4.78 is 0. The summed E-state index contributed by atoms with van der Waals surface area (Å²) in [6, 6.07) is 10.2. The number of carbonyl (C=O) groups excluding carboxylic acids is 1. The average Bonchev–Trinajstić information content (AvgIpc) is 3.73. The summed E-state index contributed by atoms with van der Waals surface area (Å²) in [6.07, 6.45) is 9.39. The molecular formula is C29H31N9O. The van der Waals surface area contributed by atoms with Gasteiger partial charge in [0.15, 0.2) is 5.82 Å². The molecule has 39 heavy (non-hydrogen) atoms. The number of nitrogens with one attached hydrogen (secondary N) is 3. The highest BCUT2D eigenvalue weighted by Crippen LogP contribution is 2.33. The number of aromatic amines is 2. The number of fused-ring (bicyclic) bond motifs is 2. The van der Waals surface area contributed by atoms with Gasteiger partial charge in [0.1, 0.15) is 11.2 Å². The highest BCUT2D eigenvalue weighted by molar-refractivity contribution is 5.97. The predicted molar refractivity (Wildman–Crippen MR) is 153 cm³/mol. The normalized spacial score (nSPS) is 16.9. The van der Waals surface area contributed by atoms with E-state index in [1.807, 2.05) is 12.1 Å². The summed E-state index contributed by atoms with van der Waals surface area (Å²) in [5, 5.41) is 11.7. The Kier molecular flexibility index (Phi) is 5.96. The predicted octanol–water partition coefficient (Wildman–Crippen LogP) is 4.44. The van der Waals surface area contributed by atoms with Crippen molar-refractivity contribution < 1.29 is 4.79 Å². The molecule has 5 aromatic rings. The first kappa shape index (κ1) is 23.8. The van der Waals surface area contributed by atoms with E-state index in [0.717, 1.165) is 96.4 Å². The number of likely N-dealkylation sites (N-methyl/N-ethyl adjacent to an activating group) is 1. The molecule has 0 bridgehead atoms. The number of carbonyl (C=O) groups is 1. The van der Waals surface area contributed by atoms with E-state index in [2.05, 4.69) is 65.5 Å². The molecule has 0 atom stereocenters. The Bertz CT molecular complexity index is 1660. The largest absolute Gasteiger partial charge is 0.367 e. The zero-order valence-electron chi connectivity index (χ0n) is 21.9. The summed E-state index contributed by atoms with van der Waals surface area (Å²) >= 11 is 0. The smallest absolute Gasteiger partial charge is 0.227 e. The van der Waals surface area contributed by atoms with Gasteiger partial charge in [-0.1, -0.05) is 18.9 Å². The molecular weight excluding hydrogens is 490 g/mol. The number of pyridine rings is 2. The Labute approximate surface area is 225 Å². The third-order valence-corrected chi connectivity index (χ3v) is 8.03. The maximum Gasteiger partial charge on any atom is 0.227 e. The van der Waals surface area contributed by atoms with Gasteiger partial charge in [-0.25, -0.2) is 4.98 Å². The van der Waals surface area contributed by atoms with Crippen molar-refractivity contribution in [3.05, 3.63) is 48.9 Å². The molecule has 1 saturated carbocycles. The lowest BCUT2D eigenvalue weighted by Gasteiger charge is -2.34. The molecule has 1 aliphatic heterocycles. The Balaban J connectivity index is 1.21. The van der Waals surface area contributed by atoms with Crippen LogP contribution in [-0.4, -0.2) is 74.2 Å². The maximum absolute atomic E-state index is 12.6. The fourth-order valence-electron chi connectivity index (χ4n) is 5.77. The molecule has 2 fully saturated rings. The van der Waals surface area contributed by atoms with Crippen LogP contribution in [0, 0.1) is 5.92 Å². The minimum absolute atomic E-state index is 0.0767. The van der Waals surface area contributed by atoms with Gasteiger partial charge in [0.2, 0.25) is 5.91 Å². The molecule has 7 rings (SSSR count). The first-order chi connectivity index (χ1) is 19.1. The number of hydrogen-bond acceptors (Lipinski definition) is 7. The van der Waals surface area contributed by atoms with E-state index in [9.17, 15) is 4.79 Å². The second-order valence-corrected chi connectivity index (χ2v) is 10.7. The standard InChI is InChI=1S/C29H31N9O/c1-37-9-11-38(12-10-37)25-8-4-7-22-27(25)34-28(33-22)26-21-14-23(31-17-24(21)35-36-26)19-13-20(16-30-15-19)32-29(39)18-5-2-3-6-18/h4,7-8,13-18H,2-3,5-6,9-12H2,1H3,(H,32,39)(H,33,34)(H,35,36). The molecule has 0 unspecified atom stereocenters. The monoisotopic (exact) mass is 521 g/mol. The van der Waals surface area contributed by atoms with Crippen LogP contribution in [-0.2, 0) is 4.79 Å². The number of anilines is 2. The third-order valence-electron chi connectivity index (χ3n) is 8.03. The average molecular weight is 522 g/mol. The first-order valence-corrected chi connectivity index (χ1v) is 13.7. The zero-order valence-corrected chi connectivity index (χ0v) is 21.9. The van der Waals surface area contributed by atoms with Gasteiger partial charge in [-0.2, -0.15) is 5.10 Å². The van der Waals surface area contributed by atoms with Crippen molar-refractivity contribution >= 4 is 39.2 Å². The van der Waals surface area contributed by atoms with Crippen molar-refractivity contribution in [2.75, 3.05) is 43.4 Å². The van der Waals surface area contributed by atoms with Gasteiger partial charge in [-0.3, -0.25) is 19.9 Å². The lowest BCUT2D eigenvalue weighted by atomic mass is 10.1. The molecule has 198 valence electrons. The summed E-state index contributed by atoms with van der Waals surface area (Å²) in [6.45, 7) is 4.03. The highest BCUT2D eigenvalue weighted by atomic mass is 16.1. The number of nitrogens with zero attached hydrogens (tertiary/aromatic N) is 6. The number of rotatable bonds is 5. The van der Waals surface area contributed by atoms with Crippen molar-refractivity contribution in [3.63, 3.8) is 0 Å². The van der Waals surface area contributed by atoms with Crippen LogP contribution in [0.15, 0.2) is 48.9 Å². The third kappa shape index (κ3) is 4.50. The van der Waals surface area contributed by atoms with E-state index >= 15 is 0 Å². The van der Waals surface area contributed by atoms with Crippen molar-refractivity contribution in [1.82, 2.24) is 35.0 Å². The molecule has 2 aliphatic rings. The Morgan fingerprint density at radius 1 is 1.03 bits per heavy atom. The van der Waals surface area contributed by atoms with Gasteiger partial charge >= 0.3 is 0 Å². The molecule has 1 aromatic carbocycles. The number of aromatic nitrogens is 6. The van der Waals surface area contributed by atoms with E-state index in [0.29, 0.717) is 11.5 Å². The van der Waals surface area contributed by atoms with Crippen LogP contribution in [0.3, 0.4) is 0 Å². The van der Waals surface area contributed by atoms with Gasteiger partial charge in [0, 0.05) is 49.2 Å². The molecule has 10 heteroatoms. The quantitative estimate of drug-likeness (QED) is 0.313. The highest BCUT2D eigenvalue weighted by Gasteiger charge is 2.23. The topological polar surface area (TPSA) is 119 Å². The van der Waals surface area contributed by atoms with Gasteiger partial charge in [-0.15, -0.1) is 0 Å². The van der Waals surface area contributed by atoms with Gasteiger partial charge in [0.05, 0.1) is 40.5 Å². The molecule has 3 N–H and O–H groups in total. The van der Waals surface area contributed by atoms with Crippen LogP contribution < -0.4 is 10.2 Å². The summed E-state index contributed by atoms with van der Waals surface area (Å²) in [5.41, 5.74) is 6.93. The number of hydrogen-bond donors (Lipinski definition) is 3. The minimum Gasteiger partial charge on any atom is -0.367 e. The number of piperazine rings is 1. The first-order valence-electron chi connectivity index (χ1n) is 13.7. The minimum atomic E-state index is 0.0767. The van der Waals surface area contributed by atoms with E-state index in [1.165, 1.54) is 0 Å². The molecule has 1 amide bonds. The van der Waals surface area contributed by atoms with Crippen LogP contribution in [0.1, 0.15) is 25.7 Å². The number of benzene rings is 1. The second-order valence-electron chi connectivity index (χ2n) is 10.7. The lowest BCUT2D eigenvalue weighted by molar-refractivity contribution is -0.119. The Morgan fingerprint density at radius 2 is 1.87 bits per heavy atom. The lowest BCUT2D eigenvalue weighted by Crippen LogP contribution is -2.44. The Hall–Kier alpha value is -4.31. The fourth-order valence-corrected chi connectivity index (χ4v) is 5.77.